The van der Waals surface area contributed by atoms with Gasteiger partial charge in [0.25, 0.3) is 0 Å². The molecule has 2 aromatic rings. The maximum absolute atomic E-state index is 11.2. The summed E-state index contributed by atoms with van der Waals surface area (Å²) in [6.07, 6.45) is 0.605. The van der Waals surface area contributed by atoms with Gasteiger partial charge in [-0.25, -0.2) is 4.98 Å². The van der Waals surface area contributed by atoms with Crippen LogP contribution in [0.1, 0.15) is 25.3 Å². The summed E-state index contributed by atoms with van der Waals surface area (Å²) in [4.78, 5) is 15.7. The van der Waals surface area contributed by atoms with Gasteiger partial charge in [-0.1, -0.05) is 13.8 Å². The Balaban J connectivity index is 2.06. The first-order valence-electron chi connectivity index (χ1n) is 6.89. The number of aromatic nitrogens is 1. The molecule has 21 heavy (non-hydrogen) atoms. The van der Waals surface area contributed by atoms with Crippen LogP contribution in [0, 0.1) is 5.92 Å². The van der Waals surface area contributed by atoms with E-state index in [1.54, 1.807) is 18.4 Å². The summed E-state index contributed by atoms with van der Waals surface area (Å²) in [6, 6.07) is 5.19. The molecule has 1 atom stereocenters. The summed E-state index contributed by atoms with van der Waals surface area (Å²) >= 11 is 1.55. The summed E-state index contributed by atoms with van der Waals surface area (Å²) in [5, 5.41) is 13.2. The Hall–Kier alpha value is -1.66. The van der Waals surface area contributed by atoms with E-state index in [1.807, 2.05) is 32.0 Å². The molecular formula is C15H20N2O3S. The lowest BCUT2D eigenvalue weighted by Gasteiger charge is -2.15. The molecule has 0 aliphatic heterocycles. The van der Waals surface area contributed by atoms with Crippen LogP contribution >= 0.6 is 11.3 Å². The second kappa shape index (κ2) is 6.87. The summed E-state index contributed by atoms with van der Waals surface area (Å²) in [6.45, 7) is 4.49. The monoisotopic (exact) mass is 308 g/mol. The molecule has 0 spiro atoms. The first-order valence-corrected chi connectivity index (χ1v) is 7.71. The van der Waals surface area contributed by atoms with Crippen molar-refractivity contribution < 1.29 is 14.6 Å². The van der Waals surface area contributed by atoms with E-state index in [1.165, 1.54) is 0 Å². The average Bonchev–Trinajstić information content (AvgIpc) is 2.84. The number of methoxy groups -OCH3 is 1. The molecule has 0 aliphatic carbocycles. The summed E-state index contributed by atoms with van der Waals surface area (Å²) in [5.74, 6) is 0.318. The molecule has 0 unspecified atom stereocenters. The molecule has 5 nitrogen and oxygen atoms in total. The van der Waals surface area contributed by atoms with Crippen LogP contribution in [-0.4, -0.2) is 29.2 Å². The quantitative estimate of drug-likeness (QED) is 0.823. The van der Waals surface area contributed by atoms with Gasteiger partial charge in [0.15, 0.2) is 0 Å². The lowest BCUT2D eigenvalue weighted by molar-refractivity contribution is -0.140. The van der Waals surface area contributed by atoms with Crippen molar-refractivity contribution in [2.45, 2.75) is 32.9 Å². The lowest BCUT2D eigenvalue weighted by Crippen LogP contribution is -2.37. The van der Waals surface area contributed by atoms with E-state index in [-0.39, 0.29) is 0 Å². The van der Waals surface area contributed by atoms with Crippen LogP contribution < -0.4 is 10.1 Å². The van der Waals surface area contributed by atoms with Gasteiger partial charge in [0, 0.05) is 6.54 Å². The molecule has 0 radical (unpaired) electrons. The number of fused-ring (bicyclic) bond motifs is 1. The largest absolute Gasteiger partial charge is 0.497 e. The third-order valence-corrected chi connectivity index (χ3v) is 4.16. The number of benzene rings is 1. The first-order chi connectivity index (χ1) is 9.99. The lowest BCUT2D eigenvalue weighted by atomic mass is 10.0. The number of nitrogens with zero attached hydrogens (tertiary/aromatic N) is 1. The number of carboxylic acids is 1. The molecule has 114 valence electrons. The maximum atomic E-state index is 11.2. The second-order valence-corrected chi connectivity index (χ2v) is 6.46. The Morgan fingerprint density at radius 3 is 2.86 bits per heavy atom. The van der Waals surface area contributed by atoms with Gasteiger partial charge in [-0.05, 0) is 30.5 Å². The highest BCUT2D eigenvalue weighted by Gasteiger charge is 2.18. The molecule has 0 saturated heterocycles. The van der Waals surface area contributed by atoms with Crippen molar-refractivity contribution in [3.63, 3.8) is 0 Å². The van der Waals surface area contributed by atoms with Gasteiger partial charge in [-0.2, -0.15) is 0 Å². The molecule has 0 saturated carbocycles. The molecule has 1 aromatic heterocycles. The number of rotatable bonds is 7. The van der Waals surface area contributed by atoms with Crippen LogP contribution in [0.15, 0.2) is 18.2 Å². The third kappa shape index (κ3) is 4.15. The van der Waals surface area contributed by atoms with E-state index in [0.717, 1.165) is 21.0 Å². The standard InChI is InChI=1S/C15H20N2O3S/c1-9(2)6-12(15(18)19)16-8-14-17-11-5-4-10(20-3)7-13(11)21-14/h4-5,7,9,12,16H,6,8H2,1-3H3,(H,18,19)/t12-/m1/s1. The van der Waals surface area contributed by atoms with Crippen LogP contribution in [0.25, 0.3) is 10.2 Å². The molecule has 1 heterocycles. The number of hydrogen-bond acceptors (Lipinski definition) is 5. The van der Waals surface area contributed by atoms with Gasteiger partial charge in [-0.15, -0.1) is 11.3 Å². The zero-order valence-corrected chi connectivity index (χ0v) is 13.2. The summed E-state index contributed by atoms with van der Waals surface area (Å²) in [7, 11) is 1.63. The number of thiazole rings is 1. The molecule has 0 bridgehead atoms. The Bertz CT molecular complexity index is 624. The van der Waals surface area contributed by atoms with Crippen LogP contribution in [0.4, 0.5) is 0 Å². The fourth-order valence-electron chi connectivity index (χ4n) is 2.11. The summed E-state index contributed by atoms with van der Waals surface area (Å²) < 4.78 is 6.23. The number of ether oxygens (including phenoxy) is 1. The maximum Gasteiger partial charge on any atom is 0.320 e. The molecule has 6 heteroatoms. The topological polar surface area (TPSA) is 71.5 Å². The fourth-order valence-corrected chi connectivity index (χ4v) is 3.06. The second-order valence-electron chi connectivity index (χ2n) is 5.34. The first kappa shape index (κ1) is 15.7. The predicted molar refractivity (Wildman–Crippen MR) is 83.9 cm³/mol. The van der Waals surface area contributed by atoms with Gasteiger partial charge in [-0.3, -0.25) is 10.1 Å². The van der Waals surface area contributed by atoms with Gasteiger partial charge in [0.2, 0.25) is 0 Å². The van der Waals surface area contributed by atoms with Gasteiger partial charge >= 0.3 is 5.97 Å². The van der Waals surface area contributed by atoms with E-state index in [9.17, 15) is 9.90 Å². The van der Waals surface area contributed by atoms with Gasteiger partial charge < -0.3 is 9.84 Å². The Morgan fingerprint density at radius 1 is 1.48 bits per heavy atom. The van der Waals surface area contributed by atoms with Crippen molar-refractivity contribution in [2.75, 3.05) is 7.11 Å². The number of carboxylic acid groups (broad SMARTS) is 1. The normalized spacial score (nSPS) is 12.8. The van der Waals surface area contributed by atoms with Gasteiger partial charge in [0.05, 0.1) is 17.3 Å². The van der Waals surface area contributed by atoms with Crippen molar-refractivity contribution in [2.24, 2.45) is 5.92 Å². The molecule has 2 N–H and O–H groups in total. The minimum Gasteiger partial charge on any atom is -0.497 e. The van der Waals surface area contributed by atoms with Crippen LogP contribution in [0.3, 0.4) is 0 Å². The minimum atomic E-state index is -0.813. The number of hydrogen-bond donors (Lipinski definition) is 2. The predicted octanol–water partition coefficient (Wildman–Crippen LogP) is 2.89. The highest BCUT2D eigenvalue weighted by Crippen LogP contribution is 2.26. The van der Waals surface area contributed by atoms with Crippen molar-refractivity contribution in [3.8, 4) is 5.75 Å². The smallest absolute Gasteiger partial charge is 0.320 e. The summed E-state index contributed by atoms with van der Waals surface area (Å²) in [5.41, 5.74) is 0.910. The molecule has 0 aliphatic rings. The van der Waals surface area contributed by atoms with Crippen LogP contribution in [0.5, 0.6) is 5.75 Å². The van der Waals surface area contributed by atoms with Crippen molar-refractivity contribution in [1.29, 1.82) is 0 Å². The Labute approximate surface area is 128 Å². The Morgan fingerprint density at radius 2 is 2.24 bits per heavy atom. The zero-order chi connectivity index (χ0) is 15.4. The van der Waals surface area contributed by atoms with E-state index >= 15 is 0 Å². The average molecular weight is 308 g/mol. The van der Waals surface area contributed by atoms with Crippen molar-refractivity contribution >= 4 is 27.5 Å². The number of carbonyl (C=O) groups is 1. The van der Waals surface area contributed by atoms with E-state index < -0.39 is 12.0 Å². The Kier molecular flexibility index (Phi) is 5.14. The number of aliphatic carboxylic acids is 1. The fraction of sp³-hybridized carbons (Fsp3) is 0.467. The zero-order valence-electron chi connectivity index (χ0n) is 12.4. The van der Waals surface area contributed by atoms with E-state index in [2.05, 4.69) is 10.3 Å². The van der Waals surface area contributed by atoms with Gasteiger partial charge in [0.1, 0.15) is 16.8 Å². The highest BCUT2D eigenvalue weighted by molar-refractivity contribution is 7.18. The van der Waals surface area contributed by atoms with Crippen molar-refractivity contribution in [3.05, 3.63) is 23.2 Å². The van der Waals surface area contributed by atoms with Crippen molar-refractivity contribution in [1.82, 2.24) is 10.3 Å². The van der Waals surface area contributed by atoms with Crippen LogP contribution in [-0.2, 0) is 11.3 Å². The van der Waals surface area contributed by atoms with E-state index in [0.29, 0.717) is 18.9 Å². The molecule has 0 fully saturated rings. The SMILES string of the molecule is COc1ccc2nc(CN[C@H](CC(C)C)C(=O)O)sc2c1. The highest BCUT2D eigenvalue weighted by atomic mass is 32.1. The molecule has 2 rings (SSSR count). The number of nitrogens with one attached hydrogen (secondary N) is 1. The third-order valence-electron chi connectivity index (χ3n) is 3.14. The molecule has 0 amide bonds. The van der Waals surface area contributed by atoms with E-state index in [4.69, 9.17) is 4.74 Å². The van der Waals surface area contributed by atoms with Crippen LogP contribution in [0.2, 0.25) is 0 Å². The minimum absolute atomic E-state index is 0.332. The molecule has 1 aromatic carbocycles. The molecular weight excluding hydrogens is 288 g/mol.